The Morgan fingerprint density at radius 1 is 0.756 bits per heavy atom. The van der Waals surface area contributed by atoms with E-state index in [2.05, 4.69) is 4.74 Å². The van der Waals surface area contributed by atoms with Gasteiger partial charge in [-0.25, -0.2) is 0 Å². The second kappa shape index (κ2) is 11.4. The molecule has 0 saturated carbocycles. The smallest absolute Gasteiger partial charge is 0.406 e. The second-order valence-electron chi connectivity index (χ2n) is 9.78. The summed E-state index contributed by atoms with van der Waals surface area (Å²) >= 11 is 0. The van der Waals surface area contributed by atoms with E-state index < -0.39 is 31.2 Å². The highest BCUT2D eigenvalue weighted by molar-refractivity contribution is 5.75. The molecule has 10 heteroatoms. The first-order valence-electron chi connectivity index (χ1n) is 12.8. The van der Waals surface area contributed by atoms with Crippen LogP contribution in [0.25, 0.3) is 11.1 Å². The fourth-order valence-electron chi connectivity index (χ4n) is 5.12. The van der Waals surface area contributed by atoms with Crippen LogP contribution in [0.2, 0.25) is 0 Å². The molecule has 1 aliphatic rings. The molecule has 0 aromatic heterocycles. The molecule has 4 aromatic carbocycles. The van der Waals surface area contributed by atoms with Crippen LogP contribution in [0.15, 0.2) is 103 Å². The van der Waals surface area contributed by atoms with E-state index in [0.717, 1.165) is 16.7 Å². The van der Waals surface area contributed by atoms with Crippen LogP contribution in [0.3, 0.4) is 0 Å². The normalized spacial score (nSPS) is 16.3. The van der Waals surface area contributed by atoms with Gasteiger partial charge in [0.1, 0.15) is 5.75 Å². The van der Waals surface area contributed by atoms with Gasteiger partial charge in [0.2, 0.25) is 0 Å². The van der Waals surface area contributed by atoms with Gasteiger partial charge < -0.3 is 19.6 Å². The number of rotatable bonds is 7. The van der Waals surface area contributed by atoms with E-state index >= 15 is 0 Å². The number of β-amino-alcohol motifs (C(OH)–C–C–N with tert-alkyl or cyclic N) is 1. The molecule has 0 aliphatic carbocycles. The summed E-state index contributed by atoms with van der Waals surface area (Å²) in [6, 6.07) is 28.9. The van der Waals surface area contributed by atoms with Crippen molar-refractivity contribution in [1.82, 2.24) is 0 Å². The van der Waals surface area contributed by atoms with Crippen LogP contribution in [0.5, 0.6) is 5.75 Å². The first-order valence-corrected chi connectivity index (χ1v) is 12.8. The van der Waals surface area contributed by atoms with Gasteiger partial charge in [0, 0.05) is 13.1 Å². The molecule has 4 aromatic rings. The summed E-state index contributed by atoms with van der Waals surface area (Å²) in [5.41, 5.74) is 4.14. The van der Waals surface area contributed by atoms with Crippen molar-refractivity contribution in [3.8, 4) is 16.9 Å². The van der Waals surface area contributed by atoms with Crippen molar-refractivity contribution in [3.63, 3.8) is 0 Å². The van der Waals surface area contributed by atoms with Gasteiger partial charge in [0.25, 0.3) is 0 Å². The van der Waals surface area contributed by atoms with Gasteiger partial charge in [0.05, 0.1) is 24.0 Å². The predicted molar refractivity (Wildman–Crippen MR) is 145 cm³/mol. The molecule has 5 rings (SSSR count). The van der Waals surface area contributed by atoms with Gasteiger partial charge in [-0.15, -0.1) is 13.2 Å². The Labute approximate surface area is 233 Å². The standard InChI is InChI=1S/C31H26F6N2O2/c32-30(33,34)29(40)20-39-27-15-5-4-14-26(27)38(18-21-8-6-13-25(16-21)41-31(35,36)37)19-28(39)24-12-7-11-23(17-24)22-9-2-1-3-10-22/h1-17,28-29,40H,18-20H2/t28-,29+/m0/s1. The first kappa shape index (κ1) is 28.4. The average molecular weight is 573 g/mol. The Morgan fingerprint density at radius 2 is 1.41 bits per heavy atom. The number of alkyl halides is 6. The lowest BCUT2D eigenvalue weighted by Crippen LogP contribution is -2.49. The molecule has 1 aliphatic heterocycles. The largest absolute Gasteiger partial charge is 0.573 e. The fraction of sp³-hybridized carbons (Fsp3) is 0.226. The molecule has 0 amide bonds. The minimum atomic E-state index is -4.84. The minimum Gasteiger partial charge on any atom is -0.406 e. The van der Waals surface area contributed by atoms with Crippen LogP contribution in [-0.4, -0.2) is 36.8 Å². The Kier molecular flexibility index (Phi) is 7.86. The molecule has 0 fully saturated rings. The summed E-state index contributed by atoms with van der Waals surface area (Å²) in [6.07, 6.45) is -12.2. The molecule has 1 N–H and O–H groups in total. The van der Waals surface area contributed by atoms with Gasteiger partial charge in [-0.05, 0) is 52.6 Å². The number of para-hydroxylation sites is 2. The highest BCUT2D eigenvalue weighted by Gasteiger charge is 2.42. The maximum Gasteiger partial charge on any atom is 0.573 e. The summed E-state index contributed by atoms with van der Waals surface area (Å²) in [4.78, 5) is 3.47. The molecule has 1 heterocycles. The summed E-state index contributed by atoms with van der Waals surface area (Å²) < 4.78 is 83.1. The Balaban J connectivity index is 1.55. The van der Waals surface area contributed by atoms with Gasteiger partial charge in [-0.2, -0.15) is 13.2 Å². The lowest BCUT2D eigenvalue weighted by molar-refractivity contribution is -0.274. The molecule has 0 bridgehead atoms. The summed E-state index contributed by atoms with van der Waals surface area (Å²) in [5, 5.41) is 10.1. The van der Waals surface area contributed by atoms with Gasteiger partial charge in [-0.3, -0.25) is 0 Å². The van der Waals surface area contributed by atoms with Gasteiger partial charge in [0.15, 0.2) is 6.10 Å². The monoisotopic (exact) mass is 572 g/mol. The molecular weight excluding hydrogens is 546 g/mol. The highest BCUT2D eigenvalue weighted by Crippen LogP contribution is 2.43. The molecule has 0 radical (unpaired) electrons. The van der Waals surface area contributed by atoms with Crippen LogP contribution in [-0.2, 0) is 6.54 Å². The van der Waals surface area contributed by atoms with Crippen LogP contribution < -0.4 is 14.5 Å². The summed E-state index contributed by atoms with van der Waals surface area (Å²) in [6.45, 7) is -0.301. The number of aliphatic hydroxyl groups is 1. The number of fused-ring (bicyclic) bond motifs is 1. The third-order valence-electron chi connectivity index (χ3n) is 6.93. The number of ether oxygens (including phenoxy) is 1. The number of nitrogens with zero attached hydrogens (tertiary/aromatic N) is 2. The Hall–Kier alpha value is -4.18. The van der Waals surface area contributed by atoms with E-state index in [4.69, 9.17) is 0 Å². The molecule has 0 unspecified atom stereocenters. The van der Waals surface area contributed by atoms with Crippen molar-refractivity contribution in [1.29, 1.82) is 0 Å². The van der Waals surface area contributed by atoms with Crippen molar-refractivity contribution in [2.75, 3.05) is 22.9 Å². The summed E-state index contributed by atoms with van der Waals surface area (Å²) in [7, 11) is 0. The zero-order valence-electron chi connectivity index (χ0n) is 21.6. The quantitative estimate of drug-likeness (QED) is 0.230. The van der Waals surface area contributed by atoms with Crippen molar-refractivity contribution >= 4 is 11.4 Å². The van der Waals surface area contributed by atoms with E-state index in [0.29, 0.717) is 16.9 Å². The van der Waals surface area contributed by atoms with E-state index in [1.807, 2.05) is 59.5 Å². The van der Waals surface area contributed by atoms with Gasteiger partial charge in [-0.1, -0.05) is 72.8 Å². The van der Waals surface area contributed by atoms with Crippen LogP contribution >= 0.6 is 0 Å². The lowest BCUT2D eigenvalue weighted by Gasteiger charge is -2.46. The number of anilines is 2. The lowest BCUT2D eigenvalue weighted by atomic mass is 9.95. The fourth-order valence-corrected chi connectivity index (χ4v) is 5.12. The predicted octanol–water partition coefficient (Wildman–Crippen LogP) is 7.74. The van der Waals surface area contributed by atoms with E-state index in [-0.39, 0.29) is 18.8 Å². The molecular formula is C31H26F6N2O2. The third-order valence-corrected chi connectivity index (χ3v) is 6.93. The number of halogens is 6. The zero-order chi connectivity index (χ0) is 29.2. The van der Waals surface area contributed by atoms with Crippen LogP contribution in [0.1, 0.15) is 17.2 Å². The summed E-state index contributed by atoms with van der Waals surface area (Å²) in [5.74, 6) is -0.359. The van der Waals surface area contributed by atoms with Crippen molar-refractivity contribution < 1.29 is 36.2 Å². The minimum absolute atomic E-state index is 0.177. The first-order chi connectivity index (χ1) is 19.5. The molecule has 41 heavy (non-hydrogen) atoms. The van der Waals surface area contributed by atoms with E-state index in [1.54, 1.807) is 35.2 Å². The van der Waals surface area contributed by atoms with Gasteiger partial charge >= 0.3 is 12.5 Å². The number of benzene rings is 4. The molecule has 4 nitrogen and oxygen atoms in total. The third kappa shape index (κ3) is 6.77. The highest BCUT2D eigenvalue weighted by atomic mass is 19.4. The molecule has 2 atom stereocenters. The van der Waals surface area contributed by atoms with Crippen molar-refractivity contribution in [2.45, 2.75) is 31.2 Å². The maximum absolute atomic E-state index is 13.5. The van der Waals surface area contributed by atoms with E-state index in [1.165, 1.54) is 18.2 Å². The second-order valence-corrected chi connectivity index (χ2v) is 9.78. The Bertz CT molecular complexity index is 1480. The van der Waals surface area contributed by atoms with Crippen LogP contribution in [0, 0.1) is 0 Å². The molecule has 0 spiro atoms. The SMILES string of the molecule is O[C@H](CN1c2ccccc2N(Cc2cccc(OC(F)(F)F)c2)C[C@H]1c1cccc(-c2ccccc2)c1)C(F)(F)F. The number of hydrogen-bond donors (Lipinski definition) is 1. The number of hydrogen-bond acceptors (Lipinski definition) is 4. The topological polar surface area (TPSA) is 35.9 Å². The molecule has 0 saturated heterocycles. The average Bonchev–Trinajstić information content (AvgIpc) is 2.93. The molecule has 214 valence electrons. The van der Waals surface area contributed by atoms with E-state index in [9.17, 15) is 31.4 Å². The van der Waals surface area contributed by atoms with Crippen molar-refractivity contribution in [3.05, 3.63) is 114 Å². The maximum atomic E-state index is 13.5. The zero-order valence-corrected chi connectivity index (χ0v) is 21.6. The van der Waals surface area contributed by atoms with Crippen molar-refractivity contribution in [2.24, 2.45) is 0 Å². The number of aliphatic hydroxyl groups excluding tert-OH is 1. The Morgan fingerprint density at radius 3 is 2.12 bits per heavy atom. The van der Waals surface area contributed by atoms with Crippen LogP contribution in [0.4, 0.5) is 37.7 Å².